The van der Waals surface area contributed by atoms with Gasteiger partial charge in [-0.15, -0.1) is 0 Å². The van der Waals surface area contributed by atoms with E-state index in [2.05, 4.69) is 5.32 Å². The van der Waals surface area contributed by atoms with Gasteiger partial charge in [0.15, 0.2) is 11.5 Å². The highest BCUT2D eigenvalue weighted by Crippen LogP contribution is 2.38. The quantitative estimate of drug-likeness (QED) is 0.779. The van der Waals surface area contributed by atoms with Crippen molar-refractivity contribution in [1.82, 2.24) is 5.32 Å². The van der Waals surface area contributed by atoms with E-state index in [0.29, 0.717) is 23.8 Å². The number of ether oxygens (including phenoxy) is 3. The van der Waals surface area contributed by atoms with Gasteiger partial charge >= 0.3 is 0 Å². The van der Waals surface area contributed by atoms with Crippen molar-refractivity contribution in [3.63, 3.8) is 0 Å². The van der Waals surface area contributed by atoms with E-state index < -0.39 is 6.10 Å². The second-order valence-corrected chi connectivity index (χ2v) is 5.56. The van der Waals surface area contributed by atoms with Crippen molar-refractivity contribution in [2.45, 2.75) is 25.6 Å². The van der Waals surface area contributed by atoms with Crippen LogP contribution in [0.3, 0.4) is 0 Å². The van der Waals surface area contributed by atoms with Crippen molar-refractivity contribution in [3.8, 4) is 17.2 Å². The van der Waals surface area contributed by atoms with Gasteiger partial charge in [0.05, 0.1) is 27.4 Å². The minimum absolute atomic E-state index is 0.105. The van der Waals surface area contributed by atoms with Gasteiger partial charge < -0.3 is 24.6 Å². The second-order valence-electron chi connectivity index (χ2n) is 5.56. The number of benzene rings is 2. The van der Waals surface area contributed by atoms with Gasteiger partial charge in [-0.05, 0) is 30.2 Å². The highest BCUT2D eigenvalue weighted by molar-refractivity contribution is 5.53. The molecule has 2 aromatic rings. The van der Waals surface area contributed by atoms with E-state index in [1.807, 2.05) is 49.4 Å². The van der Waals surface area contributed by atoms with Gasteiger partial charge in [0.2, 0.25) is 5.75 Å². The second kappa shape index (κ2) is 8.57. The number of nitrogens with one attached hydrogen (secondary N) is 1. The molecule has 0 saturated heterocycles. The molecule has 0 radical (unpaired) electrons. The monoisotopic (exact) mass is 331 g/mol. The lowest BCUT2D eigenvalue weighted by Gasteiger charge is -2.21. The minimum atomic E-state index is -0.576. The number of rotatable bonds is 8. The van der Waals surface area contributed by atoms with Crippen molar-refractivity contribution in [3.05, 3.63) is 53.6 Å². The Kier molecular flexibility index (Phi) is 6.46. The molecule has 0 fully saturated rings. The maximum absolute atomic E-state index is 10.4. The molecule has 0 saturated carbocycles. The summed E-state index contributed by atoms with van der Waals surface area (Å²) >= 11 is 0. The molecular weight excluding hydrogens is 306 g/mol. The summed E-state index contributed by atoms with van der Waals surface area (Å²) in [5.41, 5.74) is 1.87. The first-order chi connectivity index (χ1) is 11.6. The highest BCUT2D eigenvalue weighted by Gasteiger charge is 2.17. The maximum atomic E-state index is 10.4. The third-order valence-electron chi connectivity index (χ3n) is 3.97. The first-order valence-corrected chi connectivity index (χ1v) is 7.86. The van der Waals surface area contributed by atoms with Gasteiger partial charge in [-0.2, -0.15) is 0 Å². The first kappa shape index (κ1) is 18.1. The fraction of sp³-hybridized carbons (Fsp3) is 0.368. The molecule has 130 valence electrons. The Morgan fingerprint density at radius 2 is 1.54 bits per heavy atom. The molecule has 0 bridgehead atoms. The van der Waals surface area contributed by atoms with Crippen LogP contribution >= 0.6 is 0 Å². The van der Waals surface area contributed by atoms with Crippen LogP contribution in [0.2, 0.25) is 0 Å². The molecule has 0 aromatic heterocycles. The van der Waals surface area contributed by atoms with Crippen molar-refractivity contribution in [1.29, 1.82) is 0 Å². The average molecular weight is 331 g/mol. The smallest absolute Gasteiger partial charge is 0.203 e. The Labute approximate surface area is 143 Å². The maximum Gasteiger partial charge on any atom is 0.203 e. The molecule has 0 heterocycles. The van der Waals surface area contributed by atoms with Gasteiger partial charge in [-0.3, -0.25) is 0 Å². The Bertz CT molecular complexity index is 620. The zero-order valence-electron chi connectivity index (χ0n) is 14.6. The topological polar surface area (TPSA) is 60.0 Å². The number of methoxy groups -OCH3 is 3. The van der Waals surface area contributed by atoms with E-state index in [1.165, 1.54) is 0 Å². The molecule has 2 aromatic carbocycles. The molecule has 2 N–H and O–H groups in total. The third kappa shape index (κ3) is 4.19. The van der Waals surface area contributed by atoms with E-state index in [4.69, 9.17) is 14.2 Å². The lowest BCUT2D eigenvalue weighted by Crippen LogP contribution is -2.31. The standard InChI is InChI=1S/C19H25NO4/c1-13(18(21)15-8-6-5-7-9-15)20-12-14-10-16(22-2)19(24-4)17(11-14)23-3/h5-11,13,18,20-21H,12H2,1-4H3. The molecule has 2 rings (SSSR count). The van der Waals surface area contributed by atoms with Crippen LogP contribution in [0.15, 0.2) is 42.5 Å². The van der Waals surface area contributed by atoms with Crippen LogP contribution in [-0.4, -0.2) is 32.5 Å². The predicted molar refractivity (Wildman–Crippen MR) is 93.8 cm³/mol. The van der Waals surface area contributed by atoms with E-state index >= 15 is 0 Å². The summed E-state index contributed by atoms with van der Waals surface area (Å²) in [5.74, 6) is 1.80. The molecule has 2 atom stereocenters. The van der Waals surface area contributed by atoms with E-state index in [-0.39, 0.29) is 6.04 Å². The fourth-order valence-electron chi connectivity index (χ4n) is 2.57. The van der Waals surface area contributed by atoms with Crippen LogP contribution in [-0.2, 0) is 6.54 Å². The van der Waals surface area contributed by atoms with Gasteiger partial charge in [-0.25, -0.2) is 0 Å². The Morgan fingerprint density at radius 1 is 0.958 bits per heavy atom. The van der Waals surface area contributed by atoms with Crippen molar-refractivity contribution in [2.24, 2.45) is 0 Å². The molecule has 0 spiro atoms. The van der Waals surface area contributed by atoms with Gasteiger partial charge in [-0.1, -0.05) is 30.3 Å². The summed E-state index contributed by atoms with van der Waals surface area (Å²) in [7, 11) is 4.77. The van der Waals surface area contributed by atoms with Crippen LogP contribution in [0.5, 0.6) is 17.2 Å². The average Bonchev–Trinajstić information content (AvgIpc) is 2.65. The summed E-state index contributed by atoms with van der Waals surface area (Å²) in [4.78, 5) is 0. The molecule has 24 heavy (non-hydrogen) atoms. The lowest BCUT2D eigenvalue weighted by atomic mass is 10.0. The highest BCUT2D eigenvalue weighted by atomic mass is 16.5. The largest absolute Gasteiger partial charge is 0.493 e. The molecular formula is C19H25NO4. The zero-order valence-corrected chi connectivity index (χ0v) is 14.6. The van der Waals surface area contributed by atoms with Crippen molar-refractivity contribution >= 4 is 0 Å². The molecule has 0 amide bonds. The van der Waals surface area contributed by atoms with Crippen LogP contribution in [0.4, 0.5) is 0 Å². The van der Waals surface area contributed by atoms with Crippen LogP contribution in [0.1, 0.15) is 24.2 Å². The van der Waals surface area contributed by atoms with Gasteiger partial charge in [0.1, 0.15) is 0 Å². The summed E-state index contributed by atoms with van der Waals surface area (Å²) in [6, 6.07) is 13.3. The number of hydrogen-bond donors (Lipinski definition) is 2. The normalized spacial score (nSPS) is 13.2. The van der Waals surface area contributed by atoms with E-state index in [1.54, 1.807) is 21.3 Å². The summed E-state index contributed by atoms with van der Waals surface area (Å²) in [5, 5.41) is 13.8. The first-order valence-electron chi connectivity index (χ1n) is 7.86. The van der Waals surface area contributed by atoms with Gasteiger partial charge in [0.25, 0.3) is 0 Å². The van der Waals surface area contributed by atoms with Crippen molar-refractivity contribution < 1.29 is 19.3 Å². The van der Waals surface area contributed by atoms with E-state index in [9.17, 15) is 5.11 Å². The molecule has 0 aliphatic carbocycles. The summed E-state index contributed by atoms with van der Waals surface area (Å²) < 4.78 is 16.0. The number of aliphatic hydroxyl groups excluding tert-OH is 1. The van der Waals surface area contributed by atoms with Gasteiger partial charge in [0, 0.05) is 12.6 Å². The Balaban J connectivity index is 2.08. The fourth-order valence-corrected chi connectivity index (χ4v) is 2.57. The SMILES string of the molecule is COc1cc(CNC(C)C(O)c2ccccc2)cc(OC)c1OC. The number of hydrogen-bond acceptors (Lipinski definition) is 5. The van der Waals surface area contributed by atoms with Crippen LogP contribution in [0, 0.1) is 0 Å². The lowest BCUT2D eigenvalue weighted by molar-refractivity contribution is 0.135. The molecule has 0 aliphatic heterocycles. The minimum Gasteiger partial charge on any atom is -0.493 e. The molecule has 0 aliphatic rings. The zero-order chi connectivity index (χ0) is 17.5. The molecule has 5 heteroatoms. The number of aliphatic hydroxyl groups is 1. The predicted octanol–water partition coefficient (Wildman–Crippen LogP) is 2.92. The third-order valence-corrected chi connectivity index (χ3v) is 3.97. The Hall–Kier alpha value is -2.24. The van der Waals surface area contributed by atoms with E-state index in [0.717, 1.165) is 11.1 Å². The van der Waals surface area contributed by atoms with Crippen molar-refractivity contribution in [2.75, 3.05) is 21.3 Å². The summed E-state index contributed by atoms with van der Waals surface area (Å²) in [6.45, 7) is 2.53. The van der Waals surface area contributed by atoms with Crippen LogP contribution in [0.25, 0.3) is 0 Å². The molecule has 5 nitrogen and oxygen atoms in total. The molecule has 2 unspecified atom stereocenters. The summed E-state index contributed by atoms with van der Waals surface area (Å²) in [6.07, 6.45) is -0.576. The Morgan fingerprint density at radius 3 is 2.04 bits per heavy atom. The van der Waals surface area contributed by atoms with Crippen LogP contribution < -0.4 is 19.5 Å².